The molecular formula is C30H26O13. The number of rotatable bonds is 2. The normalized spacial score (nSPS) is 20.5. The zero-order chi connectivity index (χ0) is 31.2. The number of aliphatic hydroxyl groups excluding tert-OH is 2. The number of aliphatic hydroxyl groups is 2. The summed E-state index contributed by atoms with van der Waals surface area (Å²) in [6.07, 6.45) is -4.31. The zero-order valence-corrected chi connectivity index (χ0v) is 22.0. The number of hydrogen-bond donors (Lipinski definition) is 10. The molecule has 0 amide bonds. The van der Waals surface area contributed by atoms with Crippen LogP contribution in [0.4, 0.5) is 0 Å². The first-order valence-corrected chi connectivity index (χ1v) is 12.7. The van der Waals surface area contributed by atoms with Crippen LogP contribution in [0.1, 0.15) is 39.3 Å². The Morgan fingerprint density at radius 3 is 1.65 bits per heavy atom. The standard InChI is InChI=1S/C15H12O7.C15H14O6/c16-7-4-10(19)12-11(5-7)22-15(14(21)13(12)20)6-1-2-8(17)9(18)3-6;16-8-4-11(18)9-6-13(20)15(21-14(9)5-8)7-1-2-10(17)12(19)3-7/h1-5,14-19,21H;1-5,13,15-20H,6H2. The van der Waals surface area contributed by atoms with Crippen LogP contribution in [0.5, 0.6) is 57.5 Å². The van der Waals surface area contributed by atoms with Gasteiger partial charge in [-0.2, -0.15) is 0 Å². The van der Waals surface area contributed by atoms with Crippen molar-refractivity contribution in [3.63, 3.8) is 0 Å². The number of phenols is 8. The molecule has 4 aromatic rings. The zero-order valence-electron chi connectivity index (χ0n) is 22.0. The van der Waals surface area contributed by atoms with E-state index in [4.69, 9.17) is 9.47 Å². The maximum Gasteiger partial charge on any atom is 0.202 e. The van der Waals surface area contributed by atoms with Gasteiger partial charge in [0.05, 0.1) is 6.10 Å². The molecule has 0 saturated carbocycles. The topological polar surface area (TPSA) is 238 Å². The van der Waals surface area contributed by atoms with Crippen LogP contribution in [0.2, 0.25) is 0 Å². The van der Waals surface area contributed by atoms with Gasteiger partial charge in [-0.3, -0.25) is 4.79 Å². The molecule has 4 aromatic carbocycles. The maximum absolute atomic E-state index is 12.2. The molecular weight excluding hydrogens is 568 g/mol. The SMILES string of the molecule is O=C1c2c(O)cc(O)cc2OC(c2ccc(O)c(O)c2)C1O.Oc1cc(O)c2c(c1)OC(c1ccc(O)c(O)c1)C(O)C2. The third-order valence-electron chi connectivity index (χ3n) is 6.96. The summed E-state index contributed by atoms with van der Waals surface area (Å²) in [5, 5.41) is 96.4. The first-order valence-electron chi connectivity index (χ1n) is 12.7. The maximum atomic E-state index is 12.2. The summed E-state index contributed by atoms with van der Waals surface area (Å²) in [6.45, 7) is 0. The van der Waals surface area contributed by atoms with Crippen LogP contribution in [0, 0.1) is 0 Å². The Kier molecular flexibility index (Phi) is 7.44. The highest BCUT2D eigenvalue weighted by molar-refractivity contribution is 6.05. The van der Waals surface area contributed by atoms with E-state index in [2.05, 4.69) is 0 Å². The molecule has 13 nitrogen and oxygen atoms in total. The molecule has 2 aliphatic heterocycles. The molecule has 0 fully saturated rings. The lowest BCUT2D eigenvalue weighted by molar-refractivity contribution is 0.0197. The number of ether oxygens (including phenoxy) is 2. The predicted molar refractivity (Wildman–Crippen MR) is 146 cm³/mol. The average molecular weight is 595 g/mol. The first-order chi connectivity index (χ1) is 20.3. The quantitative estimate of drug-likeness (QED) is 0.150. The van der Waals surface area contributed by atoms with Crippen molar-refractivity contribution in [2.45, 2.75) is 30.8 Å². The second kappa shape index (κ2) is 11.0. The molecule has 43 heavy (non-hydrogen) atoms. The number of carbonyl (C=O) groups excluding carboxylic acids is 1. The van der Waals surface area contributed by atoms with Crippen molar-refractivity contribution in [1.82, 2.24) is 0 Å². The number of carbonyl (C=O) groups is 1. The third-order valence-corrected chi connectivity index (χ3v) is 6.96. The van der Waals surface area contributed by atoms with Crippen LogP contribution in [-0.4, -0.2) is 69.1 Å². The van der Waals surface area contributed by atoms with Gasteiger partial charge in [-0.25, -0.2) is 0 Å². The van der Waals surface area contributed by atoms with Gasteiger partial charge in [-0.15, -0.1) is 0 Å². The summed E-state index contributed by atoms with van der Waals surface area (Å²) in [4.78, 5) is 12.2. The molecule has 0 aliphatic carbocycles. The molecule has 0 spiro atoms. The minimum absolute atomic E-state index is 0.0784. The molecule has 2 aliphatic rings. The number of ketones is 1. The van der Waals surface area contributed by atoms with Gasteiger partial charge in [0.15, 0.2) is 35.2 Å². The Labute approximate surface area is 242 Å². The van der Waals surface area contributed by atoms with Gasteiger partial charge >= 0.3 is 0 Å². The molecule has 4 unspecified atom stereocenters. The third kappa shape index (κ3) is 5.54. The van der Waals surface area contributed by atoms with Gasteiger partial charge in [-0.1, -0.05) is 12.1 Å². The van der Waals surface area contributed by atoms with Crippen molar-refractivity contribution in [1.29, 1.82) is 0 Å². The van der Waals surface area contributed by atoms with Crippen LogP contribution < -0.4 is 9.47 Å². The van der Waals surface area contributed by atoms with Gasteiger partial charge in [0.1, 0.15) is 46.2 Å². The fourth-order valence-corrected chi connectivity index (χ4v) is 4.85. The van der Waals surface area contributed by atoms with Crippen LogP contribution in [0.25, 0.3) is 0 Å². The van der Waals surface area contributed by atoms with Crippen molar-refractivity contribution < 1.29 is 65.3 Å². The Balaban J connectivity index is 0.000000171. The summed E-state index contributed by atoms with van der Waals surface area (Å²) in [7, 11) is 0. The van der Waals surface area contributed by atoms with Crippen molar-refractivity contribution in [2.75, 3.05) is 0 Å². The van der Waals surface area contributed by atoms with Gasteiger partial charge in [0.25, 0.3) is 0 Å². The van der Waals surface area contributed by atoms with Crippen LogP contribution in [-0.2, 0) is 6.42 Å². The lowest BCUT2D eigenvalue weighted by atomic mass is 9.92. The lowest BCUT2D eigenvalue weighted by Crippen LogP contribution is -2.36. The Morgan fingerprint density at radius 2 is 1.07 bits per heavy atom. The first kappa shape index (κ1) is 29.0. The minimum Gasteiger partial charge on any atom is -0.508 e. The van der Waals surface area contributed by atoms with Crippen LogP contribution in [0.3, 0.4) is 0 Å². The molecule has 13 heteroatoms. The van der Waals surface area contributed by atoms with E-state index < -0.39 is 41.7 Å². The Bertz CT molecular complexity index is 1720. The average Bonchev–Trinajstić information content (AvgIpc) is 2.94. The molecule has 0 bridgehead atoms. The lowest BCUT2D eigenvalue weighted by Gasteiger charge is -2.31. The van der Waals surface area contributed by atoms with Crippen molar-refractivity contribution in [3.8, 4) is 57.5 Å². The minimum atomic E-state index is -1.60. The van der Waals surface area contributed by atoms with Crippen molar-refractivity contribution in [2.24, 2.45) is 0 Å². The number of fused-ring (bicyclic) bond motifs is 2. The number of Topliss-reactive ketones (excluding diaryl/α,β-unsaturated/α-hetero) is 1. The molecule has 0 aromatic heterocycles. The summed E-state index contributed by atoms with van der Waals surface area (Å²) in [5.74, 6) is -3.00. The van der Waals surface area contributed by atoms with E-state index in [1.54, 1.807) is 0 Å². The Hall–Kier alpha value is -5.53. The number of aromatic hydroxyl groups is 8. The van der Waals surface area contributed by atoms with Gasteiger partial charge in [0, 0.05) is 36.2 Å². The van der Waals surface area contributed by atoms with E-state index in [-0.39, 0.29) is 63.5 Å². The summed E-state index contributed by atoms with van der Waals surface area (Å²) in [5.41, 5.74) is 0.931. The van der Waals surface area contributed by atoms with Crippen LogP contribution in [0.15, 0.2) is 60.7 Å². The number of benzene rings is 4. The summed E-state index contributed by atoms with van der Waals surface area (Å²) < 4.78 is 11.1. The van der Waals surface area contributed by atoms with E-state index in [1.165, 1.54) is 42.5 Å². The van der Waals surface area contributed by atoms with E-state index in [9.17, 15) is 55.9 Å². The molecule has 4 atom stereocenters. The van der Waals surface area contributed by atoms with E-state index in [1.807, 2.05) is 0 Å². The summed E-state index contributed by atoms with van der Waals surface area (Å²) in [6, 6.07) is 12.5. The molecule has 0 radical (unpaired) electrons. The molecule has 224 valence electrons. The highest BCUT2D eigenvalue weighted by Gasteiger charge is 2.39. The van der Waals surface area contributed by atoms with Crippen molar-refractivity contribution in [3.05, 3.63) is 82.9 Å². The van der Waals surface area contributed by atoms with Gasteiger partial charge < -0.3 is 60.5 Å². The molecule has 0 saturated heterocycles. The molecule has 10 N–H and O–H groups in total. The fraction of sp³-hybridized carbons (Fsp3) is 0.167. The van der Waals surface area contributed by atoms with Crippen molar-refractivity contribution >= 4 is 5.78 Å². The highest BCUT2D eigenvalue weighted by Crippen LogP contribution is 2.44. The molecule has 2 heterocycles. The van der Waals surface area contributed by atoms with E-state index in [0.717, 1.165) is 18.2 Å². The van der Waals surface area contributed by atoms with Gasteiger partial charge in [-0.05, 0) is 35.4 Å². The van der Waals surface area contributed by atoms with E-state index in [0.29, 0.717) is 11.1 Å². The monoisotopic (exact) mass is 594 g/mol. The Morgan fingerprint density at radius 1 is 0.558 bits per heavy atom. The van der Waals surface area contributed by atoms with Gasteiger partial charge in [0.2, 0.25) is 5.78 Å². The number of phenolic OH excluding ortho intramolecular Hbond substituents is 8. The largest absolute Gasteiger partial charge is 0.508 e. The molecule has 6 rings (SSSR count). The fourth-order valence-electron chi connectivity index (χ4n) is 4.85. The second-order valence-corrected chi connectivity index (χ2v) is 9.93. The van der Waals surface area contributed by atoms with E-state index >= 15 is 0 Å². The van der Waals surface area contributed by atoms with Crippen LogP contribution >= 0.6 is 0 Å². The second-order valence-electron chi connectivity index (χ2n) is 9.93. The smallest absolute Gasteiger partial charge is 0.202 e. The predicted octanol–water partition coefficient (Wildman–Crippen LogP) is 2.73. The highest BCUT2D eigenvalue weighted by atomic mass is 16.5. The number of hydrogen-bond acceptors (Lipinski definition) is 13. The summed E-state index contributed by atoms with van der Waals surface area (Å²) >= 11 is 0.